The van der Waals surface area contributed by atoms with Crippen LogP contribution in [0.25, 0.3) is 0 Å². The summed E-state index contributed by atoms with van der Waals surface area (Å²) < 4.78 is 0. The van der Waals surface area contributed by atoms with Crippen LogP contribution in [0.1, 0.15) is 51.1 Å². The van der Waals surface area contributed by atoms with Crippen LogP contribution in [0.15, 0.2) is 10.9 Å². The molecule has 1 aromatic rings. The number of hydrogen-bond acceptors (Lipinski definition) is 4. The van der Waals surface area contributed by atoms with E-state index in [9.17, 15) is 4.79 Å². The molecule has 108 valence electrons. The zero-order valence-electron chi connectivity index (χ0n) is 11.8. The summed E-state index contributed by atoms with van der Waals surface area (Å²) in [5.41, 5.74) is 6.06. The normalized spacial score (nSPS) is 10.8. The van der Waals surface area contributed by atoms with Gasteiger partial charge in [0.15, 0.2) is 0 Å². The number of thioether (sulfide) groups is 1. The highest BCUT2D eigenvalue weighted by molar-refractivity contribution is 7.99. The maximum Gasteiger partial charge on any atom is 0.347 e. The summed E-state index contributed by atoms with van der Waals surface area (Å²) in [5, 5.41) is 0. The molecule has 0 aliphatic heterocycles. The van der Waals surface area contributed by atoms with Gasteiger partial charge < -0.3 is 10.7 Å². The summed E-state index contributed by atoms with van der Waals surface area (Å²) in [6.45, 7) is 2.24. The van der Waals surface area contributed by atoms with Gasteiger partial charge in [-0.1, -0.05) is 39.0 Å². The molecule has 1 heterocycles. The van der Waals surface area contributed by atoms with Crippen molar-refractivity contribution in [1.29, 1.82) is 0 Å². The second-order valence-corrected chi connectivity index (χ2v) is 5.99. The number of unbranched alkanes of at least 4 members (excludes halogenated alkanes) is 5. The van der Waals surface area contributed by atoms with E-state index in [1.807, 2.05) is 11.8 Å². The number of nitrogens with one attached hydrogen (secondary N) is 1. The Morgan fingerprint density at radius 1 is 1.21 bits per heavy atom. The highest BCUT2D eigenvalue weighted by atomic mass is 32.2. The van der Waals surface area contributed by atoms with Gasteiger partial charge >= 0.3 is 5.69 Å². The Morgan fingerprint density at radius 3 is 2.68 bits per heavy atom. The number of nitrogen functional groups attached to an aromatic ring is 1. The van der Waals surface area contributed by atoms with Crippen LogP contribution in [0, 0.1) is 0 Å². The van der Waals surface area contributed by atoms with Crippen LogP contribution in [-0.4, -0.2) is 21.5 Å². The topological polar surface area (TPSA) is 71.8 Å². The van der Waals surface area contributed by atoms with Gasteiger partial charge in [0.05, 0.1) is 0 Å². The third-order valence-electron chi connectivity index (χ3n) is 2.98. The largest absolute Gasteiger partial charge is 0.383 e. The molecule has 0 saturated heterocycles. The van der Waals surface area contributed by atoms with Gasteiger partial charge in [0.2, 0.25) is 0 Å². The fourth-order valence-corrected chi connectivity index (χ4v) is 2.91. The molecule has 0 unspecified atom stereocenters. The predicted molar refractivity (Wildman–Crippen MR) is 83.7 cm³/mol. The Balaban J connectivity index is 2.03. The van der Waals surface area contributed by atoms with E-state index in [1.165, 1.54) is 44.3 Å². The van der Waals surface area contributed by atoms with Gasteiger partial charge in [0, 0.05) is 5.69 Å². The van der Waals surface area contributed by atoms with Crippen LogP contribution >= 0.6 is 11.8 Å². The molecule has 3 N–H and O–H groups in total. The van der Waals surface area contributed by atoms with Crippen LogP contribution in [0.4, 0.5) is 5.82 Å². The van der Waals surface area contributed by atoms with Gasteiger partial charge in [0.1, 0.15) is 5.82 Å². The van der Waals surface area contributed by atoms with E-state index in [1.54, 1.807) is 6.07 Å². The Labute approximate surface area is 119 Å². The second kappa shape index (κ2) is 9.89. The third-order valence-corrected chi connectivity index (χ3v) is 4.05. The van der Waals surface area contributed by atoms with Crippen molar-refractivity contribution in [2.24, 2.45) is 0 Å². The van der Waals surface area contributed by atoms with Crippen molar-refractivity contribution in [3.8, 4) is 0 Å². The molecule has 0 fully saturated rings. The SMILES string of the molecule is CCCCCCCCSCCc1cc(N)nc(=O)[nH]1. The molecule has 1 aromatic heterocycles. The summed E-state index contributed by atoms with van der Waals surface area (Å²) in [7, 11) is 0. The Bertz CT molecular complexity index is 406. The molecule has 5 heteroatoms. The van der Waals surface area contributed by atoms with E-state index >= 15 is 0 Å². The van der Waals surface area contributed by atoms with E-state index in [0.717, 1.165) is 17.9 Å². The Morgan fingerprint density at radius 2 is 1.95 bits per heavy atom. The first-order valence-corrected chi connectivity index (χ1v) is 8.31. The standard InChI is InChI=1S/C14H25N3OS/c1-2-3-4-5-6-7-9-19-10-8-12-11-13(15)17-14(18)16-12/h11H,2-10H2,1H3,(H3,15,16,17,18). The van der Waals surface area contributed by atoms with Gasteiger partial charge in [-0.2, -0.15) is 16.7 Å². The molecular formula is C14H25N3OS. The molecule has 0 saturated carbocycles. The van der Waals surface area contributed by atoms with Crippen LogP contribution < -0.4 is 11.4 Å². The lowest BCUT2D eigenvalue weighted by Crippen LogP contribution is -2.15. The molecule has 19 heavy (non-hydrogen) atoms. The van der Waals surface area contributed by atoms with Crippen LogP contribution in [-0.2, 0) is 6.42 Å². The molecule has 1 rings (SSSR count). The van der Waals surface area contributed by atoms with Gasteiger partial charge in [-0.3, -0.25) is 0 Å². The summed E-state index contributed by atoms with van der Waals surface area (Å²) >= 11 is 1.94. The molecule has 0 aliphatic rings. The highest BCUT2D eigenvalue weighted by Crippen LogP contribution is 2.11. The van der Waals surface area contributed by atoms with Gasteiger partial charge in [0.25, 0.3) is 0 Å². The number of nitrogens with two attached hydrogens (primary N) is 1. The van der Waals surface area contributed by atoms with E-state index in [-0.39, 0.29) is 5.69 Å². The quantitative estimate of drug-likeness (QED) is 0.648. The zero-order chi connectivity index (χ0) is 13.9. The average Bonchev–Trinajstić information content (AvgIpc) is 2.36. The van der Waals surface area contributed by atoms with Crippen molar-refractivity contribution in [2.75, 3.05) is 17.2 Å². The van der Waals surface area contributed by atoms with Crippen LogP contribution in [0.3, 0.4) is 0 Å². The van der Waals surface area contributed by atoms with E-state index in [4.69, 9.17) is 5.73 Å². The Hall–Kier alpha value is -0.970. The lowest BCUT2D eigenvalue weighted by molar-refractivity contribution is 0.627. The number of H-pyrrole nitrogens is 1. The van der Waals surface area contributed by atoms with Crippen molar-refractivity contribution < 1.29 is 0 Å². The van der Waals surface area contributed by atoms with E-state index in [0.29, 0.717) is 5.82 Å². The number of rotatable bonds is 10. The number of anilines is 1. The van der Waals surface area contributed by atoms with E-state index < -0.39 is 0 Å². The molecule has 0 spiro atoms. The van der Waals surface area contributed by atoms with Crippen LogP contribution in [0.2, 0.25) is 0 Å². The molecule has 0 amide bonds. The number of nitrogens with zero attached hydrogens (tertiary/aromatic N) is 1. The monoisotopic (exact) mass is 283 g/mol. The van der Waals surface area contributed by atoms with Crippen molar-refractivity contribution in [2.45, 2.75) is 51.9 Å². The molecule has 0 aliphatic carbocycles. The summed E-state index contributed by atoms with van der Waals surface area (Å²) in [5.74, 6) is 2.53. The molecule has 0 aromatic carbocycles. The first kappa shape index (κ1) is 16.1. The summed E-state index contributed by atoms with van der Waals surface area (Å²) in [6, 6.07) is 1.74. The maximum atomic E-state index is 11.1. The van der Waals surface area contributed by atoms with Crippen molar-refractivity contribution in [3.63, 3.8) is 0 Å². The number of aromatic amines is 1. The lowest BCUT2D eigenvalue weighted by atomic mass is 10.1. The summed E-state index contributed by atoms with van der Waals surface area (Å²) in [6.07, 6.45) is 8.89. The van der Waals surface area contributed by atoms with Crippen molar-refractivity contribution in [1.82, 2.24) is 9.97 Å². The molecule has 4 nitrogen and oxygen atoms in total. The van der Waals surface area contributed by atoms with Gasteiger partial charge in [-0.15, -0.1) is 0 Å². The molecule has 0 radical (unpaired) electrons. The first-order chi connectivity index (χ1) is 9.22. The van der Waals surface area contributed by atoms with Crippen molar-refractivity contribution >= 4 is 17.6 Å². The summed E-state index contributed by atoms with van der Waals surface area (Å²) in [4.78, 5) is 17.4. The fourth-order valence-electron chi connectivity index (χ4n) is 1.93. The van der Waals surface area contributed by atoms with E-state index in [2.05, 4.69) is 16.9 Å². The second-order valence-electron chi connectivity index (χ2n) is 4.77. The average molecular weight is 283 g/mol. The van der Waals surface area contributed by atoms with Gasteiger partial charge in [-0.05, 0) is 30.4 Å². The van der Waals surface area contributed by atoms with Gasteiger partial charge in [-0.25, -0.2) is 4.79 Å². The first-order valence-electron chi connectivity index (χ1n) is 7.16. The van der Waals surface area contributed by atoms with Crippen molar-refractivity contribution in [3.05, 3.63) is 22.2 Å². The Kier molecular flexibility index (Phi) is 8.38. The number of hydrogen-bond donors (Lipinski definition) is 2. The lowest BCUT2D eigenvalue weighted by Gasteiger charge is -2.03. The number of aryl methyl sites for hydroxylation is 1. The minimum absolute atomic E-state index is 0.305. The minimum Gasteiger partial charge on any atom is -0.383 e. The third kappa shape index (κ3) is 7.93. The minimum atomic E-state index is -0.351. The molecular weight excluding hydrogens is 258 g/mol. The number of aromatic nitrogens is 2. The highest BCUT2D eigenvalue weighted by Gasteiger charge is 1.98. The zero-order valence-corrected chi connectivity index (χ0v) is 12.6. The maximum absolute atomic E-state index is 11.1. The predicted octanol–water partition coefficient (Wildman–Crippen LogP) is 2.99. The smallest absolute Gasteiger partial charge is 0.347 e. The van der Waals surface area contributed by atoms with Crippen LogP contribution in [0.5, 0.6) is 0 Å². The molecule has 0 atom stereocenters. The fraction of sp³-hybridized carbons (Fsp3) is 0.714. The molecule has 0 bridgehead atoms.